The van der Waals surface area contributed by atoms with Gasteiger partial charge in [-0.15, -0.1) is 0 Å². The van der Waals surface area contributed by atoms with Crippen molar-refractivity contribution in [2.75, 3.05) is 88.2 Å². The van der Waals surface area contributed by atoms with Gasteiger partial charge in [0.05, 0.1) is 23.5 Å². The number of sulfonamides is 1. The third kappa shape index (κ3) is 24.6. The highest BCUT2D eigenvalue weighted by molar-refractivity contribution is 7.91. The van der Waals surface area contributed by atoms with Gasteiger partial charge in [0.2, 0.25) is 10.0 Å². The monoisotopic (exact) mass is 696 g/mol. The molecule has 1 aliphatic carbocycles. The third-order valence-electron chi connectivity index (χ3n) is 7.65. The summed E-state index contributed by atoms with van der Waals surface area (Å²) >= 11 is 0. The minimum Gasteiger partial charge on any atom is -0.381 e. The van der Waals surface area contributed by atoms with Gasteiger partial charge in [0, 0.05) is 51.6 Å². The molecule has 43 heavy (non-hydrogen) atoms. The maximum absolute atomic E-state index is 10.9. The van der Waals surface area contributed by atoms with Crippen molar-refractivity contribution in [3.05, 3.63) is 0 Å². The normalized spacial score (nSPS) is 21.3. The number of hydrogen-bond donors (Lipinski definition) is 0. The standard InChI is InChI=1S/C8H17NO2S.C7H14O3S.C6H13NO2S.C6H12O2S.CH4/c1-12(10,11)8-7-9-5-3-2-4-6-9;1-11(8,9)6-7-2-4-10-5-3-7;1-10(8,9)7-5-3-2-4-6-7;1-9(7,8)5-6-3-2-4-6;/h2-8H2,1H3;7H,2-6H2,1H3;2-6H2,1H3;6H,2-5H2,1H3;1H4. The van der Waals surface area contributed by atoms with E-state index >= 15 is 0 Å². The minimum atomic E-state index is -2.89. The molecule has 0 spiro atoms. The lowest BCUT2D eigenvalue weighted by molar-refractivity contribution is 0.0724. The van der Waals surface area contributed by atoms with Crippen LogP contribution in [0, 0.1) is 11.8 Å². The van der Waals surface area contributed by atoms with Crippen LogP contribution in [0.2, 0.25) is 0 Å². The van der Waals surface area contributed by atoms with E-state index in [1.165, 1.54) is 57.1 Å². The summed E-state index contributed by atoms with van der Waals surface area (Å²) in [6.45, 7) is 5.77. The van der Waals surface area contributed by atoms with Crippen molar-refractivity contribution in [1.82, 2.24) is 9.21 Å². The molecule has 4 fully saturated rings. The molecule has 260 valence electrons. The molecule has 11 nitrogen and oxygen atoms in total. The average molecular weight is 697 g/mol. The molecule has 3 heterocycles. The average Bonchev–Trinajstić information content (AvgIpc) is 2.86. The Bertz CT molecular complexity index is 1170. The second-order valence-electron chi connectivity index (χ2n) is 12.3. The van der Waals surface area contributed by atoms with Gasteiger partial charge >= 0.3 is 0 Å². The van der Waals surface area contributed by atoms with Crippen molar-refractivity contribution in [1.29, 1.82) is 0 Å². The summed E-state index contributed by atoms with van der Waals surface area (Å²) in [4.78, 5) is 2.24. The van der Waals surface area contributed by atoms with Crippen LogP contribution < -0.4 is 0 Å². The number of likely N-dealkylation sites (tertiary alicyclic amines) is 1. The zero-order chi connectivity index (χ0) is 31.9. The van der Waals surface area contributed by atoms with Gasteiger partial charge in [0.1, 0.15) is 29.5 Å². The van der Waals surface area contributed by atoms with Gasteiger partial charge in [0.25, 0.3) is 0 Å². The van der Waals surface area contributed by atoms with Gasteiger partial charge in [-0.2, -0.15) is 0 Å². The number of sulfone groups is 3. The smallest absolute Gasteiger partial charge is 0.211 e. The lowest BCUT2D eigenvalue weighted by atomic mass is 9.87. The Morgan fingerprint density at radius 1 is 0.558 bits per heavy atom. The van der Waals surface area contributed by atoms with E-state index in [2.05, 4.69) is 4.90 Å². The molecule has 0 radical (unpaired) electrons. The summed E-state index contributed by atoms with van der Waals surface area (Å²) < 4.78 is 93.2. The summed E-state index contributed by atoms with van der Waals surface area (Å²) in [6.07, 6.45) is 17.4. The van der Waals surface area contributed by atoms with E-state index in [1.54, 1.807) is 4.31 Å². The molecule has 0 N–H and O–H groups in total. The van der Waals surface area contributed by atoms with Gasteiger partial charge in [0.15, 0.2) is 0 Å². The van der Waals surface area contributed by atoms with Crippen LogP contribution in [-0.4, -0.2) is 131 Å². The van der Waals surface area contributed by atoms with E-state index in [0.717, 1.165) is 84.5 Å². The molecule has 1 saturated carbocycles. The molecule has 3 saturated heterocycles. The second kappa shape index (κ2) is 20.7. The highest BCUT2D eigenvalue weighted by Crippen LogP contribution is 2.27. The highest BCUT2D eigenvalue weighted by Gasteiger charge is 2.21. The molecular formula is C28H60N2O9S4. The molecule has 0 aromatic rings. The molecule has 15 heteroatoms. The largest absolute Gasteiger partial charge is 0.381 e. The molecule has 4 aliphatic rings. The van der Waals surface area contributed by atoms with Crippen LogP contribution in [0.25, 0.3) is 0 Å². The van der Waals surface area contributed by atoms with E-state index in [-0.39, 0.29) is 7.43 Å². The summed E-state index contributed by atoms with van der Waals surface area (Å²) in [6, 6.07) is 0. The number of hydrogen-bond acceptors (Lipinski definition) is 10. The van der Waals surface area contributed by atoms with E-state index in [4.69, 9.17) is 4.74 Å². The highest BCUT2D eigenvalue weighted by atomic mass is 32.2. The Labute approximate surface area is 264 Å². The Morgan fingerprint density at radius 3 is 1.30 bits per heavy atom. The fraction of sp³-hybridized carbons (Fsp3) is 1.00. The van der Waals surface area contributed by atoms with Crippen molar-refractivity contribution >= 4 is 39.5 Å². The first kappa shape index (κ1) is 42.7. The van der Waals surface area contributed by atoms with Crippen molar-refractivity contribution in [3.8, 4) is 0 Å². The first-order valence-corrected chi connectivity index (χ1v) is 23.2. The Morgan fingerprint density at radius 2 is 0.977 bits per heavy atom. The lowest BCUT2D eigenvalue weighted by Crippen LogP contribution is -2.34. The first-order chi connectivity index (χ1) is 19.3. The number of piperidine rings is 2. The molecular weight excluding hydrogens is 637 g/mol. The summed E-state index contributed by atoms with van der Waals surface area (Å²) in [5, 5.41) is 0. The zero-order valence-corrected chi connectivity index (χ0v) is 29.5. The van der Waals surface area contributed by atoms with E-state index in [1.807, 2.05) is 0 Å². The molecule has 4 rings (SSSR count). The SMILES string of the molecule is C.CS(=O)(=O)CC1CCC1.CS(=O)(=O)CC1CCOCC1.CS(=O)(=O)CCN1CCCCC1.CS(=O)(=O)N1CCCCC1. The van der Waals surface area contributed by atoms with Crippen molar-refractivity contribution < 1.29 is 38.4 Å². The Kier molecular flexibility index (Phi) is 20.6. The first-order valence-electron chi connectivity index (χ1n) is 15.1. The molecule has 3 aliphatic heterocycles. The quantitative estimate of drug-likeness (QED) is 0.371. The fourth-order valence-corrected chi connectivity index (χ4v) is 8.99. The summed E-state index contributed by atoms with van der Waals surface area (Å²) in [7, 11) is -11.1. The van der Waals surface area contributed by atoms with Crippen LogP contribution in [-0.2, 0) is 44.3 Å². The molecule has 0 aromatic heterocycles. The van der Waals surface area contributed by atoms with Crippen LogP contribution in [0.15, 0.2) is 0 Å². The van der Waals surface area contributed by atoms with Gasteiger partial charge in [-0.3, -0.25) is 0 Å². The zero-order valence-electron chi connectivity index (χ0n) is 26.2. The van der Waals surface area contributed by atoms with Crippen LogP contribution in [0.1, 0.15) is 78.1 Å². The maximum atomic E-state index is 10.9. The topological polar surface area (TPSA) is 152 Å². The number of rotatable bonds is 8. The number of ether oxygens (including phenoxy) is 1. The predicted molar refractivity (Wildman–Crippen MR) is 177 cm³/mol. The van der Waals surface area contributed by atoms with Crippen LogP contribution in [0.3, 0.4) is 0 Å². The summed E-state index contributed by atoms with van der Waals surface area (Å²) in [5.74, 6) is 1.87. The molecule has 0 bridgehead atoms. The fourth-order valence-electron chi connectivity index (χ4n) is 5.10. The molecule has 0 atom stereocenters. The van der Waals surface area contributed by atoms with Crippen molar-refractivity contribution in [3.63, 3.8) is 0 Å². The maximum Gasteiger partial charge on any atom is 0.211 e. The van der Waals surface area contributed by atoms with Crippen molar-refractivity contribution in [2.24, 2.45) is 11.8 Å². The van der Waals surface area contributed by atoms with E-state index in [9.17, 15) is 33.7 Å². The predicted octanol–water partition coefficient (Wildman–Crippen LogP) is 2.87. The van der Waals surface area contributed by atoms with Crippen LogP contribution >= 0.6 is 0 Å². The molecule has 0 amide bonds. The second-order valence-corrected chi connectivity index (χ2v) is 20.9. The van der Waals surface area contributed by atoms with Crippen LogP contribution in [0.5, 0.6) is 0 Å². The van der Waals surface area contributed by atoms with E-state index < -0.39 is 39.5 Å². The van der Waals surface area contributed by atoms with Gasteiger partial charge in [-0.05, 0) is 76.3 Å². The number of nitrogens with zero attached hydrogens (tertiary/aromatic N) is 2. The third-order valence-corrected chi connectivity index (χ3v) is 12.0. The van der Waals surface area contributed by atoms with E-state index in [0.29, 0.717) is 29.1 Å². The lowest BCUT2D eigenvalue weighted by Gasteiger charge is -2.25. The molecule has 0 unspecified atom stereocenters. The Balaban J connectivity index is 0.000000545. The van der Waals surface area contributed by atoms with Crippen molar-refractivity contribution in [2.45, 2.75) is 78.1 Å². The van der Waals surface area contributed by atoms with Gasteiger partial charge < -0.3 is 9.64 Å². The Hall–Kier alpha value is -0.320. The summed E-state index contributed by atoms with van der Waals surface area (Å²) in [5.41, 5.74) is 0. The van der Waals surface area contributed by atoms with Gasteiger partial charge in [-0.25, -0.2) is 38.0 Å². The molecule has 0 aromatic carbocycles. The van der Waals surface area contributed by atoms with Gasteiger partial charge in [-0.1, -0.05) is 26.7 Å². The minimum absolute atomic E-state index is 0. The van der Waals surface area contributed by atoms with Crippen LogP contribution in [0.4, 0.5) is 0 Å².